The monoisotopic (exact) mass is 288 g/mol. The number of carbonyl (C=O) groups excluding carboxylic acids is 2. The zero-order chi connectivity index (χ0) is 14.1. The van der Waals surface area contributed by atoms with Gasteiger partial charge in [-0.15, -0.1) is 11.3 Å². The van der Waals surface area contributed by atoms with Crippen LogP contribution in [0.4, 0.5) is 9.93 Å². The highest BCUT2D eigenvalue weighted by atomic mass is 32.1. The molecular formula is C13H12N4O2S. The van der Waals surface area contributed by atoms with Crippen LogP contribution in [0, 0.1) is 0 Å². The van der Waals surface area contributed by atoms with E-state index in [2.05, 4.69) is 20.9 Å². The molecule has 2 heterocycles. The topological polar surface area (TPSA) is 83.1 Å². The summed E-state index contributed by atoms with van der Waals surface area (Å²) in [6, 6.07) is 6.36. The van der Waals surface area contributed by atoms with Gasteiger partial charge in [-0.2, -0.15) is 0 Å². The number of carbonyl (C=O) groups is 2. The Kier molecular flexibility index (Phi) is 3.11. The number of imide groups is 1. The maximum absolute atomic E-state index is 11.6. The van der Waals surface area contributed by atoms with Crippen LogP contribution < -0.4 is 16.0 Å². The summed E-state index contributed by atoms with van der Waals surface area (Å²) in [5.41, 5.74) is 2.60. The van der Waals surface area contributed by atoms with E-state index in [4.69, 9.17) is 0 Å². The van der Waals surface area contributed by atoms with Gasteiger partial charge >= 0.3 is 6.03 Å². The molecule has 2 aromatic rings. The number of amides is 3. The summed E-state index contributed by atoms with van der Waals surface area (Å²) in [6.45, 7) is 0. The average Bonchev–Trinajstić information content (AvgIpc) is 3.05. The van der Waals surface area contributed by atoms with Crippen molar-refractivity contribution in [2.45, 2.75) is 6.04 Å². The first kappa shape index (κ1) is 12.6. The summed E-state index contributed by atoms with van der Waals surface area (Å²) in [7, 11) is 1.83. The van der Waals surface area contributed by atoms with Crippen molar-refractivity contribution < 1.29 is 9.59 Å². The number of anilines is 1. The van der Waals surface area contributed by atoms with E-state index < -0.39 is 12.1 Å². The van der Waals surface area contributed by atoms with Crippen LogP contribution in [0.1, 0.15) is 11.6 Å². The molecule has 0 aliphatic carbocycles. The van der Waals surface area contributed by atoms with Gasteiger partial charge < -0.3 is 10.6 Å². The number of urea groups is 1. The Morgan fingerprint density at radius 3 is 2.55 bits per heavy atom. The van der Waals surface area contributed by atoms with Crippen LogP contribution in [0.15, 0.2) is 29.6 Å². The molecule has 1 saturated heterocycles. The summed E-state index contributed by atoms with van der Waals surface area (Å²) < 4.78 is 0. The molecule has 1 aliphatic heterocycles. The minimum atomic E-state index is -0.611. The van der Waals surface area contributed by atoms with Crippen LogP contribution in [0.5, 0.6) is 0 Å². The van der Waals surface area contributed by atoms with Gasteiger partial charge in [0.1, 0.15) is 6.04 Å². The first-order valence-electron chi connectivity index (χ1n) is 6.02. The summed E-state index contributed by atoms with van der Waals surface area (Å²) in [5.74, 6) is -0.325. The third kappa shape index (κ3) is 2.23. The lowest BCUT2D eigenvalue weighted by molar-refractivity contribution is -0.120. The zero-order valence-corrected chi connectivity index (χ0v) is 11.5. The molecule has 3 N–H and O–H groups in total. The van der Waals surface area contributed by atoms with Crippen molar-refractivity contribution in [3.63, 3.8) is 0 Å². The molecule has 1 aliphatic rings. The number of aromatic nitrogens is 1. The van der Waals surface area contributed by atoms with E-state index in [1.807, 2.05) is 36.7 Å². The van der Waals surface area contributed by atoms with Gasteiger partial charge in [-0.3, -0.25) is 10.1 Å². The van der Waals surface area contributed by atoms with E-state index in [1.54, 1.807) is 0 Å². The highest BCUT2D eigenvalue weighted by molar-refractivity contribution is 7.14. The van der Waals surface area contributed by atoms with E-state index in [1.165, 1.54) is 11.3 Å². The van der Waals surface area contributed by atoms with Gasteiger partial charge in [-0.05, 0) is 5.56 Å². The number of benzene rings is 1. The second-order valence-corrected chi connectivity index (χ2v) is 5.16. The summed E-state index contributed by atoms with van der Waals surface area (Å²) in [4.78, 5) is 27.1. The van der Waals surface area contributed by atoms with Crippen LogP contribution in [-0.2, 0) is 4.79 Å². The minimum absolute atomic E-state index is 0.325. The number of hydrogen-bond donors (Lipinski definition) is 3. The Morgan fingerprint density at radius 2 is 2.00 bits per heavy atom. The molecule has 1 aromatic carbocycles. The van der Waals surface area contributed by atoms with E-state index in [9.17, 15) is 9.59 Å². The lowest BCUT2D eigenvalue weighted by Crippen LogP contribution is -2.22. The van der Waals surface area contributed by atoms with Crippen LogP contribution >= 0.6 is 11.3 Å². The first-order chi connectivity index (χ1) is 9.67. The normalized spacial score (nSPS) is 17.8. The number of hydrogen-bond acceptors (Lipinski definition) is 5. The van der Waals surface area contributed by atoms with E-state index in [0.717, 1.165) is 22.0 Å². The maximum Gasteiger partial charge on any atom is 0.322 e. The fourth-order valence-corrected chi connectivity index (χ4v) is 2.70. The van der Waals surface area contributed by atoms with Crippen molar-refractivity contribution in [1.29, 1.82) is 0 Å². The van der Waals surface area contributed by atoms with Gasteiger partial charge in [-0.1, -0.05) is 24.3 Å². The van der Waals surface area contributed by atoms with Crippen molar-refractivity contribution in [3.05, 3.63) is 35.2 Å². The Hall–Kier alpha value is -2.41. The molecule has 1 atom stereocenters. The Bertz CT molecular complexity index is 665. The largest absolute Gasteiger partial charge is 0.365 e. The number of nitrogens with zero attached hydrogens (tertiary/aromatic N) is 1. The minimum Gasteiger partial charge on any atom is -0.365 e. The molecular weight excluding hydrogens is 276 g/mol. The SMILES string of the molecule is CNc1nc(-c2ccc([C@@H]3NC(=O)NC3=O)cc2)cs1. The Labute approximate surface area is 119 Å². The molecule has 3 rings (SSSR count). The lowest BCUT2D eigenvalue weighted by Gasteiger charge is -2.07. The zero-order valence-electron chi connectivity index (χ0n) is 10.6. The molecule has 1 fully saturated rings. The van der Waals surface area contributed by atoms with Gasteiger partial charge in [0, 0.05) is 18.0 Å². The van der Waals surface area contributed by atoms with Crippen molar-refractivity contribution in [1.82, 2.24) is 15.6 Å². The van der Waals surface area contributed by atoms with Gasteiger partial charge in [-0.25, -0.2) is 9.78 Å². The van der Waals surface area contributed by atoms with Crippen molar-refractivity contribution in [2.24, 2.45) is 0 Å². The molecule has 0 radical (unpaired) electrons. The highest BCUT2D eigenvalue weighted by Crippen LogP contribution is 2.26. The average molecular weight is 288 g/mol. The van der Waals surface area contributed by atoms with Crippen LogP contribution in [0.2, 0.25) is 0 Å². The summed E-state index contributed by atoms with van der Waals surface area (Å²) in [6.07, 6.45) is 0. The second kappa shape index (κ2) is 4.93. The maximum atomic E-state index is 11.6. The third-order valence-corrected chi connectivity index (χ3v) is 3.89. The lowest BCUT2D eigenvalue weighted by atomic mass is 10.0. The molecule has 0 spiro atoms. The molecule has 0 unspecified atom stereocenters. The van der Waals surface area contributed by atoms with Crippen molar-refractivity contribution >= 4 is 28.4 Å². The molecule has 1 aromatic heterocycles. The highest BCUT2D eigenvalue weighted by Gasteiger charge is 2.30. The molecule has 6 nitrogen and oxygen atoms in total. The van der Waals surface area contributed by atoms with Gasteiger partial charge in [0.25, 0.3) is 5.91 Å². The number of rotatable bonds is 3. The number of nitrogens with one attached hydrogen (secondary N) is 3. The number of thiazole rings is 1. The van der Waals surface area contributed by atoms with E-state index in [-0.39, 0.29) is 5.91 Å². The predicted octanol–water partition coefficient (Wildman–Crippen LogP) is 1.73. The van der Waals surface area contributed by atoms with E-state index in [0.29, 0.717) is 0 Å². The van der Waals surface area contributed by atoms with Crippen molar-refractivity contribution in [2.75, 3.05) is 12.4 Å². The smallest absolute Gasteiger partial charge is 0.322 e. The molecule has 7 heteroatoms. The second-order valence-electron chi connectivity index (χ2n) is 4.31. The molecule has 3 amide bonds. The van der Waals surface area contributed by atoms with Gasteiger partial charge in [0.15, 0.2) is 5.13 Å². The van der Waals surface area contributed by atoms with Crippen LogP contribution in [0.3, 0.4) is 0 Å². The predicted molar refractivity (Wildman–Crippen MR) is 76.5 cm³/mol. The summed E-state index contributed by atoms with van der Waals surface area (Å²) >= 11 is 1.53. The Morgan fingerprint density at radius 1 is 1.25 bits per heavy atom. The standard InChI is InChI=1S/C13H12N4O2S/c1-14-13-15-9(6-20-13)7-2-4-8(5-3-7)10-11(18)17-12(19)16-10/h2-6,10H,1H3,(H,14,15)(H2,16,17,18,19)/t10-/m0/s1. The van der Waals surface area contributed by atoms with E-state index >= 15 is 0 Å². The molecule has 0 saturated carbocycles. The van der Waals surface area contributed by atoms with Crippen LogP contribution in [-0.4, -0.2) is 24.0 Å². The van der Waals surface area contributed by atoms with Gasteiger partial charge in [0.05, 0.1) is 5.69 Å². The summed E-state index contributed by atoms with van der Waals surface area (Å²) in [5, 5.41) is 10.6. The van der Waals surface area contributed by atoms with Crippen LogP contribution in [0.25, 0.3) is 11.3 Å². The third-order valence-electron chi connectivity index (χ3n) is 3.03. The molecule has 20 heavy (non-hydrogen) atoms. The van der Waals surface area contributed by atoms with Crippen molar-refractivity contribution in [3.8, 4) is 11.3 Å². The molecule has 0 bridgehead atoms. The quantitative estimate of drug-likeness (QED) is 0.751. The Balaban J connectivity index is 1.84. The fourth-order valence-electron chi connectivity index (χ4n) is 2.02. The first-order valence-corrected chi connectivity index (χ1v) is 6.90. The fraction of sp³-hybridized carbons (Fsp3) is 0.154. The van der Waals surface area contributed by atoms with Gasteiger partial charge in [0.2, 0.25) is 0 Å². The molecule has 102 valence electrons.